The second-order valence-corrected chi connectivity index (χ2v) is 10.2. The van der Waals surface area contributed by atoms with Gasteiger partial charge < -0.3 is 15.8 Å². The second-order valence-electron chi connectivity index (χ2n) is 8.41. The number of hydrogen-bond donors (Lipinski definition) is 2. The van der Waals surface area contributed by atoms with E-state index in [1.54, 1.807) is 18.5 Å². The number of carbonyl (C=O) groups is 2. The summed E-state index contributed by atoms with van der Waals surface area (Å²) in [5.74, 6) is -4.58. The van der Waals surface area contributed by atoms with Crippen LogP contribution in [0.5, 0.6) is 0 Å². The van der Waals surface area contributed by atoms with Gasteiger partial charge in [0.15, 0.2) is 10.8 Å². The first-order valence-electron chi connectivity index (χ1n) is 11.1. The average Bonchev–Trinajstić information content (AvgIpc) is 3.41. The lowest BCUT2D eigenvalue weighted by molar-refractivity contribution is -0.139. The summed E-state index contributed by atoms with van der Waals surface area (Å²) in [4.78, 5) is 35.1. The van der Waals surface area contributed by atoms with E-state index in [0.29, 0.717) is 20.9 Å². The number of halogens is 4. The summed E-state index contributed by atoms with van der Waals surface area (Å²) in [6.07, 6.45) is 0.803. The van der Waals surface area contributed by atoms with Crippen LogP contribution in [0.4, 0.5) is 13.2 Å². The Labute approximate surface area is 217 Å². The van der Waals surface area contributed by atoms with E-state index >= 15 is 0 Å². The number of esters is 1. The Morgan fingerprint density at radius 1 is 1.39 bits per heavy atom. The van der Waals surface area contributed by atoms with E-state index in [1.807, 2.05) is 0 Å². The fourth-order valence-electron chi connectivity index (χ4n) is 4.35. The van der Waals surface area contributed by atoms with Gasteiger partial charge in [0.05, 0.1) is 18.7 Å². The molecule has 2 unspecified atom stereocenters. The first kappa shape index (κ1) is 26.3. The molecule has 0 radical (unpaired) electrons. The van der Waals surface area contributed by atoms with Crippen molar-refractivity contribution < 1.29 is 27.5 Å². The Morgan fingerprint density at radius 2 is 2.17 bits per heavy atom. The number of nitrogens with one attached hydrogen (secondary N) is 1. The van der Waals surface area contributed by atoms with Crippen LogP contribution >= 0.6 is 27.3 Å². The smallest absolute Gasteiger partial charge is 0.338 e. The van der Waals surface area contributed by atoms with E-state index in [2.05, 4.69) is 26.2 Å². The van der Waals surface area contributed by atoms with Gasteiger partial charge in [-0.2, -0.15) is 0 Å². The molecule has 13 heteroatoms. The van der Waals surface area contributed by atoms with Crippen LogP contribution in [0.3, 0.4) is 0 Å². The number of aromatic nitrogens is 1. The summed E-state index contributed by atoms with van der Waals surface area (Å²) in [5, 5.41) is 5.35. The number of ether oxygens (including phenoxy) is 1. The van der Waals surface area contributed by atoms with Crippen LogP contribution in [0.1, 0.15) is 36.4 Å². The third kappa shape index (κ3) is 5.79. The van der Waals surface area contributed by atoms with E-state index in [1.165, 1.54) is 34.4 Å². The maximum atomic E-state index is 14.4. The Morgan fingerprint density at radius 3 is 2.81 bits per heavy atom. The number of amidine groups is 1. The molecule has 8 nitrogen and oxygen atoms in total. The highest BCUT2D eigenvalue weighted by molar-refractivity contribution is 9.10. The van der Waals surface area contributed by atoms with Crippen molar-refractivity contribution >= 4 is 45.0 Å². The summed E-state index contributed by atoms with van der Waals surface area (Å²) in [5.41, 5.74) is 6.16. The van der Waals surface area contributed by atoms with Crippen molar-refractivity contribution in [3.05, 3.63) is 61.9 Å². The monoisotopic (exact) mass is 585 g/mol. The maximum absolute atomic E-state index is 14.4. The van der Waals surface area contributed by atoms with Gasteiger partial charge in [0, 0.05) is 47.2 Å². The summed E-state index contributed by atoms with van der Waals surface area (Å²) in [7, 11) is 0. The van der Waals surface area contributed by atoms with Gasteiger partial charge in [-0.05, 0) is 24.6 Å². The lowest BCUT2D eigenvalue weighted by atomic mass is 9.95. The van der Waals surface area contributed by atoms with Crippen molar-refractivity contribution in [2.75, 3.05) is 19.7 Å². The fraction of sp³-hybridized carbons (Fsp3) is 0.391. The summed E-state index contributed by atoms with van der Waals surface area (Å²) in [6.45, 7) is 0.982. The van der Waals surface area contributed by atoms with Gasteiger partial charge in [-0.15, -0.1) is 11.3 Å². The molecule has 2 aliphatic heterocycles. The number of alkyl halides is 2. The lowest BCUT2D eigenvalue weighted by Gasteiger charge is -2.31. The molecular weight excluding hydrogens is 563 g/mol. The summed E-state index contributed by atoms with van der Waals surface area (Å²) in [6, 6.07) is 2.24. The number of thiazole rings is 1. The minimum atomic E-state index is -3.02. The van der Waals surface area contributed by atoms with Gasteiger partial charge in [-0.25, -0.2) is 22.9 Å². The standard InChI is InChI=1S/C23H23BrF3N5O3S/c1-2-35-22(34)18-16(10-32-11-23(26,27)9-13(32)8-17(28)33)30-20(21-29-5-6-36-21)31-19(18)14-4-3-12(25)7-15(14)24/h3-7,13,19H,2,8-11H2,1H3,(H2,28,33)(H,30,31). The quantitative estimate of drug-likeness (QED) is 0.459. The topological polar surface area (TPSA) is 110 Å². The largest absolute Gasteiger partial charge is 0.463 e. The summed E-state index contributed by atoms with van der Waals surface area (Å²) < 4.78 is 48.3. The van der Waals surface area contributed by atoms with Crippen molar-refractivity contribution in [1.29, 1.82) is 0 Å². The Kier molecular flexibility index (Phi) is 7.81. The van der Waals surface area contributed by atoms with Crippen LogP contribution in [-0.2, 0) is 14.3 Å². The minimum absolute atomic E-state index is 0.0715. The predicted octanol–water partition coefficient (Wildman–Crippen LogP) is 3.54. The Hall–Kier alpha value is -2.77. The van der Waals surface area contributed by atoms with Gasteiger partial charge >= 0.3 is 5.97 Å². The number of carbonyl (C=O) groups excluding carboxylic acids is 2. The SMILES string of the molecule is CCOC(=O)C1=C(CN2CC(F)(F)CC2CC(N)=O)NC(c2nccs2)=NC1c1ccc(F)cc1Br. The third-order valence-corrected chi connectivity index (χ3v) is 7.26. The van der Waals surface area contributed by atoms with Gasteiger partial charge in [0.25, 0.3) is 5.92 Å². The lowest BCUT2D eigenvalue weighted by Crippen LogP contribution is -2.42. The molecule has 0 bridgehead atoms. The zero-order valence-electron chi connectivity index (χ0n) is 19.1. The van der Waals surface area contributed by atoms with E-state index in [-0.39, 0.29) is 30.8 Å². The molecular formula is C23H23BrF3N5O3S. The molecule has 2 atom stereocenters. The molecule has 0 aliphatic carbocycles. The fourth-order valence-corrected chi connectivity index (χ4v) is 5.51. The molecule has 3 heterocycles. The van der Waals surface area contributed by atoms with E-state index in [4.69, 9.17) is 15.5 Å². The zero-order valence-corrected chi connectivity index (χ0v) is 21.5. The van der Waals surface area contributed by atoms with Gasteiger partial charge in [0.1, 0.15) is 11.9 Å². The number of amides is 1. The van der Waals surface area contributed by atoms with Crippen LogP contribution < -0.4 is 11.1 Å². The number of nitrogens with two attached hydrogens (primary N) is 1. The molecule has 36 heavy (non-hydrogen) atoms. The normalized spacial score (nSPS) is 21.8. The van der Waals surface area contributed by atoms with E-state index < -0.39 is 48.7 Å². The zero-order chi connectivity index (χ0) is 26.0. The third-order valence-electron chi connectivity index (χ3n) is 5.80. The van der Waals surface area contributed by atoms with Crippen molar-refractivity contribution in [3.63, 3.8) is 0 Å². The molecule has 1 aromatic carbocycles. The molecule has 3 N–H and O–H groups in total. The molecule has 0 saturated carbocycles. The number of aliphatic imine (C=N–C) groups is 1. The first-order chi connectivity index (χ1) is 17.1. The van der Waals surface area contributed by atoms with Crippen molar-refractivity contribution in [2.24, 2.45) is 10.7 Å². The molecule has 192 valence electrons. The van der Waals surface area contributed by atoms with Crippen LogP contribution in [0, 0.1) is 5.82 Å². The molecule has 0 spiro atoms. The van der Waals surface area contributed by atoms with E-state index in [0.717, 1.165) is 0 Å². The van der Waals surface area contributed by atoms with Crippen molar-refractivity contribution in [2.45, 2.75) is 37.8 Å². The van der Waals surface area contributed by atoms with Crippen LogP contribution in [0.15, 0.2) is 50.5 Å². The van der Waals surface area contributed by atoms with Crippen molar-refractivity contribution in [1.82, 2.24) is 15.2 Å². The molecule has 4 rings (SSSR count). The predicted molar refractivity (Wildman–Crippen MR) is 131 cm³/mol. The van der Waals surface area contributed by atoms with E-state index in [9.17, 15) is 22.8 Å². The highest BCUT2D eigenvalue weighted by Gasteiger charge is 2.46. The molecule has 1 aromatic heterocycles. The van der Waals surface area contributed by atoms with Gasteiger partial charge in [-0.3, -0.25) is 14.7 Å². The second kappa shape index (κ2) is 10.7. The average molecular weight is 586 g/mol. The van der Waals surface area contributed by atoms with Crippen LogP contribution in [0.25, 0.3) is 0 Å². The number of benzene rings is 1. The first-order valence-corrected chi connectivity index (χ1v) is 12.7. The maximum Gasteiger partial charge on any atom is 0.338 e. The number of rotatable bonds is 8. The highest BCUT2D eigenvalue weighted by atomic mass is 79.9. The number of nitrogens with zero attached hydrogens (tertiary/aromatic N) is 3. The molecule has 1 saturated heterocycles. The van der Waals surface area contributed by atoms with Crippen molar-refractivity contribution in [3.8, 4) is 0 Å². The van der Waals surface area contributed by atoms with Gasteiger partial charge in [0.2, 0.25) is 5.91 Å². The minimum Gasteiger partial charge on any atom is -0.463 e. The number of hydrogen-bond acceptors (Lipinski definition) is 8. The molecule has 2 aromatic rings. The molecule has 1 fully saturated rings. The molecule has 2 aliphatic rings. The Bertz CT molecular complexity index is 1220. The Balaban J connectivity index is 1.82. The van der Waals surface area contributed by atoms with Crippen LogP contribution in [0.2, 0.25) is 0 Å². The van der Waals surface area contributed by atoms with Gasteiger partial charge in [-0.1, -0.05) is 22.0 Å². The van der Waals surface area contributed by atoms with Crippen LogP contribution in [-0.4, -0.2) is 59.3 Å². The number of likely N-dealkylation sites (tertiary alicyclic amines) is 1. The summed E-state index contributed by atoms with van der Waals surface area (Å²) >= 11 is 4.65. The number of primary amides is 1. The molecule has 1 amide bonds. The highest BCUT2D eigenvalue weighted by Crippen LogP contribution is 2.39.